The highest BCUT2D eigenvalue weighted by Gasteiger charge is 2.05. The molecule has 14 heavy (non-hydrogen) atoms. The first-order valence-electron chi connectivity index (χ1n) is 4.39. The molecule has 1 atom stereocenters. The van der Waals surface area contributed by atoms with E-state index in [2.05, 4.69) is 4.99 Å². The predicted octanol–water partition coefficient (Wildman–Crippen LogP) is 1.39. The predicted molar refractivity (Wildman–Crippen MR) is 56.3 cm³/mol. The van der Waals surface area contributed by atoms with Crippen LogP contribution in [-0.2, 0) is 0 Å². The second-order valence-electron chi connectivity index (χ2n) is 3.06. The van der Waals surface area contributed by atoms with Crippen molar-refractivity contribution in [2.45, 2.75) is 19.5 Å². The van der Waals surface area contributed by atoms with Gasteiger partial charge in [0.15, 0.2) is 0 Å². The summed E-state index contributed by atoms with van der Waals surface area (Å²) in [5.41, 5.74) is 12.6. The molecule has 0 heterocycles. The fourth-order valence-corrected chi connectivity index (χ4v) is 1.04. The highest BCUT2D eigenvalue weighted by atomic mass is 19.1. The van der Waals surface area contributed by atoms with E-state index in [9.17, 15) is 4.39 Å². The van der Waals surface area contributed by atoms with Crippen molar-refractivity contribution in [3.05, 3.63) is 35.8 Å². The van der Waals surface area contributed by atoms with Crippen LogP contribution in [0.15, 0.2) is 40.8 Å². The molecule has 0 fully saturated rings. The van der Waals surface area contributed by atoms with Gasteiger partial charge in [-0.05, 0) is 19.1 Å². The fraction of sp³-hybridized carbons (Fsp3) is 0.300. The van der Waals surface area contributed by atoms with Gasteiger partial charge in [-0.1, -0.05) is 6.08 Å². The van der Waals surface area contributed by atoms with Crippen molar-refractivity contribution in [1.29, 1.82) is 0 Å². The second-order valence-corrected chi connectivity index (χ2v) is 3.06. The van der Waals surface area contributed by atoms with E-state index in [1.807, 2.05) is 0 Å². The number of hydrogen-bond donors (Lipinski definition) is 2. The second kappa shape index (κ2) is 4.60. The van der Waals surface area contributed by atoms with E-state index in [0.29, 0.717) is 17.8 Å². The number of alkyl halides is 1. The highest BCUT2D eigenvalue weighted by molar-refractivity contribution is 5.97. The first kappa shape index (κ1) is 10.5. The molecular weight excluding hydrogens is 181 g/mol. The molecule has 0 spiro atoms. The minimum Gasteiger partial charge on any atom is -0.403 e. The fourth-order valence-electron chi connectivity index (χ4n) is 1.04. The Kier molecular flexibility index (Phi) is 3.45. The Morgan fingerprint density at radius 1 is 1.71 bits per heavy atom. The quantitative estimate of drug-likeness (QED) is 0.654. The van der Waals surface area contributed by atoms with Crippen LogP contribution in [0.2, 0.25) is 0 Å². The van der Waals surface area contributed by atoms with Gasteiger partial charge in [0, 0.05) is 12.6 Å². The molecule has 0 saturated carbocycles. The summed E-state index contributed by atoms with van der Waals surface area (Å²) in [5.74, 6) is 0. The van der Waals surface area contributed by atoms with Gasteiger partial charge in [0.2, 0.25) is 0 Å². The van der Waals surface area contributed by atoms with Crippen LogP contribution in [0.25, 0.3) is 0 Å². The van der Waals surface area contributed by atoms with Gasteiger partial charge in [-0.2, -0.15) is 0 Å². The zero-order chi connectivity index (χ0) is 10.6. The molecule has 1 unspecified atom stereocenters. The number of rotatable bonds is 2. The first-order valence-corrected chi connectivity index (χ1v) is 4.39. The van der Waals surface area contributed by atoms with Gasteiger partial charge in [0.1, 0.15) is 6.17 Å². The molecule has 1 aliphatic rings. The number of nitrogens with zero attached hydrogens (tertiary/aromatic N) is 1. The molecule has 0 radical (unpaired) electrons. The summed E-state index contributed by atoms with van der Waals surface area (Å²) in [5, 5.41) is 0. The Morgan fingerprint density at radius 2 is 2.43 bits per heavy atom. The summed E-state index contributed by atoms with van der Waals surface area (Å²) in [6, 6.07) is 0. The van der Waals surface area contributed by atoms with Crippen LogP contribution in [0.5, 0.6) is 0 Å². The molecule has 1 aliphatic carbocycles. The van der Waals surface area contributed by atoms with Gasteiger partial charge in [-0.3, -0.25) is 4.99 Å². The molecule has 0 amide bonds. The van der Waals surface area contributed by atoms with Crippen molar-refractivity contribution >= 4 is 5.71 Å². The maximum Gasteiger partial charge on any atom is 0.122 e. The van der Waals surface area contributed by atoms with E-state index in [1.165, 1.54) is 12.3 Å². The Balaban J connectivity index is 2.74. The largest absolute Gasteiger partial charge is 0.403 e. The van der Waals surface area contributed by atoms with Crippen molar-refractivity contribution < 1.29 is 4.39 Å². The SMILES string of the molecule is CC(=NC1=CCC(F)C=C1)C(N)=CN. The summed E-state index contributed by atoms with van der Waals surface area (Å²) >= 11 is 0. The van der Waals surface area contributed by atoms with Crippen LogP contribution in [0, 0.1) is 0 Å². The van der Waals surface area contributed by atoms with Crippen molar-refractivity contribution in [3.8, 4) is 0 Å². The van der Waals surface area contributed by atoms with Crippen molar-refractivity contribution in [1.82, 2.24) is 0 Å². The molecule has 0 aromatic rings. The number of nitrogens with two attached hydrogens (primary N) is 2. The number of aliphatic imine (C=N–C) groups is 1. The Morgan fingerprint density at radius 3 is 2.93 bits per heavy atom. The molecule has 76 valence electrons. The van der Waals surface area contributed by atoms with Gasteiger partial charge in [0.05, 0.1) is 17.1 Å². The van der Waals surface area contributed by atoms with E-state index in [1.54, 1.807) is 19.1 Å². The zero-order valence-corrected chi connectivity index (χ0v) is 8.07. The monoisotopic (exact) mass is 195 g/mol. The number of hydrogen-bond acceptors (Lipinski definition) is 3. The van der Waals surface area contributed by atoms with E-state index in [-0.39, 0.29) is 0 Å². The topological polar surface area (TPSA) is 64.4 Å². The van der Waals surface area contributed by atoms with Crippen molar-refractivity contribution in [2.24, 2.45) is 16.5 Å². The standard InChI is InChI=1S/C10H14FN3/c1-7(10(13)6-12)14-9-4-2-8(11)3-5-9/h2,4-6,8H,3,12-13H2,1H3. The summed E-state index contributed by atoms with van der Waals surface area (Å²) in [7, 11) is 0. The first-order chi connectivity index (χ1) is 6.63. The highest BCUT2D eigenvalue weighted by Crippen LogP contribution is 2.14. The molecule has 1 rings (SSSR count). The lowest BCUT2D eigenvalue weighted by Gasteiger charge is -2.07. The van der Waals surface area contributed by atoms with Crippen LogP contribution in [-0.4, -0.2) is 11.9 Å². The molecule has 0 bridgehead atoms. The van der Waals surface area contributed by atoms with E-state index in [0.717, 1.165) is 5.70 Å². The molecule has 0 aromatic heterocycles. The average molecular weight is 195 g/mol. The van der Waals surface area contributed by atoms with Gasteiger partial charge in [-0.15, -0.1) is 0 Å². The third-order valence-corrected chi connectivity index (χ3v) is 1.92. The van der Waals surface area contributed by atoms with Crippen LogP contribution in [0.4, 0.5) is 4.39 Å². The van der Waals surface area contributed by atoms with Crippen LogP contribution in [0.1, 0.15) is 13.3 Å². The van der Waals surface area contributed by atoms with Gasteiger partial charge in [-0.25, -0.2) is 4.39 Å². The summed E-state index contributed by atoms with van der Waals surface area (Å²) < 4.78 is 12.7. The van der Waals surface area contributed by atoms with Gasteiger partial charge in [0.25, 0.3) is 0 Å². The van der Waals surface area contributed by atoms with E-state index >= 15 is 0 Å². The molecule has 0 aliphatic heterocycles. The lowest BCUT2D eigenvalue weighted by molar-refractivity contribution is 0.400. The molecule has 0 saturated heterocycles. The minimum atomic E-state index is -0.892. The summed E-state index contributed by atoms with van der Waals surface area (Å²) in [4.78, 5) is 4.19. The van der Waals surface area contributed by atoms with Crippen molar-refractivity contribution in [2.75, 3.05) is 0 Å². The molecule has 3 nitrogen and oxygen atoms in total. The van der Waals surface area contributed by atoms with E-state index < -0.39 is 6.17 Å². The minimum absolute atomic E-state index is 0.370. The Hall–Kier alpha value is -1.58. The third-order valence-electron chi connectivity index (χ3n) is 1.92. The molecule has 0 aromatic carbocycles. The number of allylic oxidation sites excluding steroid dienone is 4. The summed E-state index contributed by atoms with van der Waals surface area (Å²) in [6.45, 7) is 1.76. The Labute approximate surface area is 82.7 Å². The van der Waals surface area contributed by atoms with Crippen LogP contribution < -0.4 is 11.5 Å². The van der Waals surface area contributed by atoms with Gasteiger partial charge < -0.3 is 11.5 Å². The smallest absolute Gasteiger partial charge is 0.122 e. The molecule has 4 N–H and O–H groups in total. The maximum atomic E-state index is 12.7. The zero-order valence-electron chi connectivity index (χ0n) is 8.07. The molecule has 4 heteroatoms. The Bertz CT molecular complexity index is 326. The van der Waals surface area contributed by atoms with Crippen LogP contribution >= 0.6 is 0 Å². The van der Waals surface area contributed by atoms with Gasteiger partial charge >= 0.3 is 0 Å². The lowest BCUT2D eigenvalue weighted by atomic mass is 10.1. The number of halogens is 1. The van der Waals surface area contributed by atoms with Crippen molar-refractivity contribution in [3.63, 3.8) is 0 Å². The summed E-state index contributed by atoms with van der Waals surface area (Å²) in [6.07, 6.45) is 5.63. The lowest BCUT2D eigenvalue weighted by Crippen LogP contribution is -2.10. The maximum absolute atomic E-state index is 12.7. The average Bonchev–Trinajstić information content (AvgIpc) is 2.20. The van der Waals surface area contributed by atoms with E-state index in [4.69, 9.17) is 11.5 Å². The third kappa shape index (κ3) is 2.73. The van der Waals surface area contributed by atoms with Crippen LogP contribution in [0.3, 0.4) is 0 Å². The molecular formula is C10H14FN3. The normalized spacial score (nSPS) is 23.6.